The number of hydrogen-bond acceptors (Lipinski definition) is 4. The molecule has 0 aliphatic carbocycles. The van der Waals surface area contributed by atoms with Crippen LogP contribution in [0.2, 0.25) is 0 Å². The van der Waals surface area contributed by atoms with Crippen LogP contribution in [0.4, 0.5) is 5.69 Å². The second-order valence-electron chi connectivity index (χ2n) is 14.6. The molecule has 294 valence electrons. The number of nitrogens with zero attached hydrogens (tertiary/aromatic N) is 4. The maximum atomic E-state index is 4.75. The third-order valence-electron chi connectivity index (χ3n) is 10.8. The molecular formula is C56H50N4. The van der Waals surface area contributed by atoms with Gasteiger partial charge in [0.05, 0.1) is 11.2 Å². The molecule has 7 aromatic carbocycles. The van der Waals surface area contributed by atoms with Crippen molar-refractivity contribution in [3.05, 3.63) is 205 Å². The van der Waals surface area contributed by atoms with Crippen LogP contribution in [0.3, 0.4) is 0 Å². The molecule has 0 radical (unpaired) electrons. The van der Waals surface area contributed by atoms with Crippen LogP contribution >= 0.6 is 0 Å². The largest absolute Gasteiger partial charge is 0.265 e. The average molecular weight is 779 g/mol. The van der Waals surface area contributed by atoms with Crippen molar-refractivity contribution in [2.75, 3.05) is 0 Å². The number of aliphatic imine (C=N–C) groups is 1. The van der Waals surface area contributed by atoms with Crippen LogP contribution in [-0.4, -0.2) is 21.2 Å². The third-order valence-corrected chi connectivity index (χ3v) is 10.8. The summed E-state index contributed by atoms with van der Waals surface area (Å²) in [6.45, 7) is 12.1. The summed E-state index contributed by atoms with van der Waals surface area (Å²) in [5.74, 6) is 0. The summed E-state index contributed by atoms with van der Waals surface area (Å²) in [5.41, 5.74) is 13.1. The van der Waals surface area contributed by atoms with Crippen LogP contribution < -0.4 is 0 Å². The minimum atomic E-state index is 1.04. The Morgan fingerprint density at radius 2 is 1.05 bits per heavy atom. The molecule has 0 aliphatic heterocycles. The van der Waals surface area contributed by atoms with Gasteiger partial charge in [-0.3, -0.25) is 19.9 Å². The first-order valence-electron chi connectivity index (χ1n) is 20.5. The van der Waals surface area contributed by atoms with Crippen LogP contribution in [0, 0.1) is 20.8 Å². The number of aromatic nitrogens is 3. The van der Waals surface area contributed by atoms with Crippen molar-refractivity contribution in [1.29, 1.82) is 0 Å². The van der Waals surface area contributed by atoms with E-state index < -0.39 is 0 Å². The Hall–Kier alpha value is -7.30. The summed E-state index contributed by atoms with van der Waals surface area (Å²) in [5, 5.41) is 8.89. The highest BCUT2D eigenvalue weighted by molar-refractivity contribution is 6.28. The van der Waals surface area contributed by atoms with Gasteiger partial charge in [0.2, 0.25) is 0 Å². The van der Waals surface area contributed by atoms with Gasteiger partial charge in [-0.1, -0.05) is 127 Å². The van der Waals surface area contributed by atoms with E-state index in [2.05, 4.69) is 132 Å². The number of para-hydroxylation sites is 1. The Bertz CT molecular complexity index is 3010. The fraction of sp³-hybridized carbons (Fsp3) is 0.107. The molecule has 0 N–H and O–H groups in total. The fourth-order valence-corrected chi connectivity index (χ4v) is 7.46. The van der Waals surface area contributed by atoms with Gasteiger partial charge in [0.15, 0.2) is 0 Å². The zero-order valence-electron chi connectivity index (χ0n) is 35.3. The number of benzene rings is 7. The second kappa shape index (κ2) is 19.4. The first-order valence-corrected chi connectivity index (χ1v) is 20.5. The van der Waals surface area contributed by atoms with Gasteiger partial charge in [-0.15, -0.1) is 0 Å². The van der Waals surface area contributed by atoms with Crippen molar-refractivity contribution in [3.63, 3.8) is 0 Å². The van der Waals surface area contributed by atoms with Gasteiger partial charge in [-0.2, -0.15) is 0 Å². The highest BCUT2D eigenvalue weighted by atomic mass is 14.7. The molecule has 0 atom stereocenters. The average Bonchev–Trinajstić information content (AvgIpc) is 3.30. The maximum Gasteiger partial charge on any atom is 0.0780 e. The molecule has 4 heteroatoms. The van der Waals surface area contributed by atoms with E-state index in [1.165, 1.54) is 82.4 Å². The molecule has 0 saturated carbocycles. The molecule has 10 aromatic rings. The quantitative estimate of drug-likeness (QED) is 0.102. The van der Waals surface area contributed by atoms with Crippen LogP contribution in [0.1, 0.15) is 37.5 Å². The Morgan fingerprint density at radius 3 is 1.68 bits per heavy atom. The highest BCUT2D eigenvalue weighted by Crippen LogP contribution is 2.43. The lowest BCUT2D eigenvalue weighted by atomic mass is 9.87. The Kier molecular flexibility index (Phi) is 13.2. The van der Waals surface area contributed by atoms with E-state index in [0.29, 0.717) is 0 Å². The molecule has 3 heterocycles. The van der Waals surface area contributed by atoms with Crippen LogP contribution in [0.15, 0.2) is 194 Å². The van der Waals surface area contributed by atoms with E-state index in [9.17, 15) is 0 Å². The molecule has 0 saturated heterocycles. The Morgan fingerprint density at radius 1 is 0.450 bits per heavy atom. The summed E-state index contributed by atoms with van der Waals surface area (Å²) in [7, 11) is 0. The Labute approximate surface area is 354 Å². The lowest BCUT2D eigenvalue weighted by Gasteiger charge is -2.17. The predicted octanol–water partition coefficient (Wildman–Crippen LogP) is 15.5. The summed E-state index contributed by atoms with van der Waals surface area (Å²) in [6.07, 6.45) is 15.0. The molecule has 0 bridgehead atoms. The number of pyridine rings is 3. The molecule has 4 nitrogen and oxygen atoms in total. The van der Waals surface area contributed by atoms with E-state index in [-0.39, 0.29) is 0 Å². The molecule has 0 unspecified atom stereocenters. The van der Waals surface area contributed by atoms with E-state index in [1.54, 1.807) is 6.20 Å². The number of hydrogen-bond donors (Lipinski definition) is 0. The van der Waals surface area contributed by atoms with Crippen molar-refractivity contribution in [2.45, 2.75) is 41.5 Å². The topological polar surface area (TPSA) is 51.0 Å². The first kappa shape index (κ1) is 40.9. The fourth-order valence-electron chi connectivity index (χ4n) is 7.46. The molecule has 0 aliphatic rings. The van der Waals surface area contributed by atoms with Gasteiger partial charge in [-0.05, 0) is 149 Å². The lowest BCUT2D eigenvalue weighted by molar-refractivity contribution is 1.27. The Balaban J connectivity index is 0.000000203. The summed E-state index contributed by atoms with van der Waals surface area (Å²) < 4.78 is 0. The molecule has 0 spiro atoms. The smallest absolute Gasteiger partial charge is 0.0780 e. The van der Waals surface area contributed by atoms with E-state index in [1.807, 2.05) is 113 Å². The minimum Gasteiger partial charge on any atom is -0.265 e. The molecule has 10 rings (SSSR count). The highest BCUT2D eigenvalue weighted by Gasteiger charge is 2.16. The molecule has 60 heavy (non-hydrogen) atoms. The molecule has 3 aromatic heterocycles. The van der Waals surface area contributed by atoms with Crippen molar-refractivity contribution in [1.82, 2.24) is 15.0 Å². The van der Waals surface area contributed by atoms with Crippen LogP contribution in [-0.2, 0) is 0 Å². The lowest BCUT2D eigenvalue weighted by Crippen LogP contribution is -1.90. The van der Waals surface area contributed by atoms with Crippen LogP contribution in [0.25, 0.3) is 76.6 Å². The van der Waals surface area contributed by atoms with E-state index in [4.69, 9.17) is 4.98 Å². The normalized spacial score (nSPS) is 11.0. The van der Waals surface area contributed by atoms with Gasteiger partial charge in [0.25, 0.3) is 0 Å². The zero-order chi connectivity index (χ0) is 41.8. The third kappa shape index (κ3) is 9.04. The molecular weight excluding hydrogens is 729 g/mol. The summed E-state index contributed by atoms with van der Waals surface area (Å²) in [4.78, 5) is 17.0. The van der Waals surface area contributed by atoms with Gasteiger partial charge in [-0.25, -0.2) is 0 Å². The maximum absolute atomic E-state index is 4.75. The predicted molar refractivity (Wildman–Crippen MR) is 259 cm³/mol. The standard InChI is InChI=1S/C36H22N2.C10H13N.C6H7N.C4H8/c1-3-28-4-2-20-38-36(28)33(5-1)30-15-11-27-12-16-31-29(14-10-26-13-17-32(30)35(27)34(26)31)25-8-6-23(7-9-25)24-18-21-37-22-19-24;1-4-11-10-7-5-6-8(2)9(10)3;1-6-3-2-4-7-5-6;1-3-4-2/h1-22H;4-7H,1-3H3;2-5H,1H3;3-4H,1-2H3/b;;;4-3-. The van der Waals surface area contributed by atoms with Crippen molar-refractivity contribution in [3.8, 4) is 33.4 Å². The second-order valence-corrected chi connectivity index (χ2v) is 14.6. The molecule has 0 amide bonds. The van der Waals surface area contributed by atoms with Gasteiger partial charge < -0.3 is 0 Å². The minimum absolute atomic E-state index is 1.04. The monoisotopic (exact) mass is 778 g/mol. The van der Waals surface area contributed by atoms with Crippen molar-refractivity contribution >= 4 is 55.1 Å². The van der Waals surface area contributed by atoms with Gasteiger partial charge >= 0.3 is 0 Å². The van der Waals surface area contributed by atoms with Crippen molar-refractivity contribution < 1.29 is 0 Å². The summed E-state index contributed by atoms with van der Waals surface area (Å²) in [6, 6.07) is 51.8. The van der Waals surface area contributed by atoms with E-state index in [0.717, 1.165) is 16.6 Å². The molecule has 0 fully saturated rings. The van der Waals surface area contributed by atoms with Gasteiger partial charge in [0.1, 0.15) is 0 Å². The number of rotatable bonds is 4. The van der Waals surface area contributed by atoms with E-state index >= 15 is 0 Å². The van der Waals surface area contributed by atoms with Crippen LogP contribution in [0.5, 0.6) is 0 Å². The SMILES string of the molecule is C/C=C\C.CC=Nc1cccc(C)c1C.Cc1cccnc1.c1cnc2c(-c3ccc4ccc5c(-c6ccc(-c7ccncc7)cc6)ccc6ccc3c4c65)cccc2c1. The number of fused-ring (bicyclic) bond motifs is 1. The van der Waals surface area contributed by atoms with Gasteiger partial charge in [0, 0.05) is 48.1 Å². The number of aryl methyl sites for hydroxylation is 2. The zero-order valence-corrected chi connectivity index (χ0v) is 35.3. The summed E-state index contributed by atoms with van der Waals surface area (Å²) >= 11 is 0. The number of allylic oxidation sites excluding steroid dienone is 2. The van der Waals surface area contributed by atoms with Crippen molar-refractivity contribution in [2.24, 2.45) is 4.99 Å². The first-order chi connectivity index (χ1) is 29.4.